The summed E-state index contributed by atoms with van der Waals surface area (Å²) < 4.78 is 10.4. The second kappa shape index (κ2) is 4.41. The van der Waals surface area contributed by atoms with Crippen molar-refractivity contribution in [2.24, 2.45) is 11.8 Å². The standard InChI is InChI=1S/C14H19NO3/c1-8-12-11(18-15-8)7-9-5-3-4-6-10(9)13(12)14(16)17-2/h9-10,13H,3-7H2,1-2H3/t9?,10-,13+/m1/s1. The van der Waals surface area contributed by atoms with Gasteiger partial charge in [0.05, 0.1) is 18.7 Å². The minimum Gasteiger partial charge on any atom is -0.469 e. The molecule has 1 fully saturated rings. The van der Waals surface area contributed by atoms with Crippen molar-refractivity contribution in [2.75, 3.05) is 7.11 Å². The molecule has 0 spiro atoms. The smallest absolute Gasteiger partial charge is 0.313 e. The number of carbonyl (C=O) groups is 1. The van der Waals surface area contributed by atoms with Gasteiger partial charge in [0.2, 0.25) is 0 Å². The number of nitrogens with zero attached hydrogens (tertiary/aromatic N) is 1. The summed E-state index contributed by atoms with van der Waals surface area (Å²) in [6.07, 6.45) is 5.73. The first kappa shape index (κ1) is 11.8. The first-order valence-corrected chi connectivity index (χ1v) is 6.75. The van der Waals surface area contributed by atoms with Gasteiger partial charge in [0.25, 0.3) is 0 Å². The van der Waals surface area contributed by atoms with Gasteiger partial charge in [0, 0.05) is 12.0 Å². The van der Waals surface area contributed by atoms with E-state index in [9.17, 15) is 4.79 Å². The zero-order chi connectivity index (χ0) is 12.7. The van der Waals surface area contributed by atoms with E-state index >= 15 is 0 Å². The number of fused-ring (bicyclic) bond motifs is 2. The van der Waals surface area contributed by atoms with Gasteiger partial charge in [-0.1, -0.05) is 18.0 Å². The maximum absolute atomic E-state index is 12.1. The first-order valence-electron chi connectivity index (χ1n) is 6.75. The molecule has 1 unspecified atom stereocenters. The number of methoxy groups -OCH3 is 1. The van der Waals surface area contributed by atoms with Gasteiger partial charge in [0.1, 0.15) is 5.76 Å². The van der Waals surface area contributed by atoms with E-state index < -0.39 is 0 Å². The van der Waals surface area contributed by atoms with Crippen molar-refractivity contribution in [3.8, 4) is 0 Å². The number of ether oxygens (including phenoxy) is 1. The van der Waals surface area contributed by atoms with Crippen LogP contribution < -0.4 is 0 Å². The quantitative estimate of drug-likeness (QED) is 0.718. The van der Waals surface area contributed by atoms with Gasteiger partial charge in [0.15, 0.2) is 0 Å². The molecular formula is C14H19NO3. The van der Waals surface area contributed by atoms with Crippen LogP contribution in [0.25, 0.3) is 0 Å². The predicted molar refractivity (Wildman–Crippen MR) is 65.1 cm³/mol. The third kappa shape index (κ3) is 1.66. The molecule has 98 valence electrons. The van der Waals surface area contributed by atoms with Crippen LogP contribution in [0.5, 0.6) is 0 Å². The minimum absolute atomic E-state index is 0.126. The monoisotopic (exact) mass is 249 g/mol. The molecule has 0 aromatic carbocycles. The second-order valence-electron chi connectivity index (χ2n) is 5.52. The SMILES string of the molecule is COC(=O)[C@@H]1c2c(C)noc2CC2CCCC[C@H]21. The van der Waals surface area contributed by atoms with E-state index in [1.54, 1.807) is 0 Å². The summed E-state index contributed by atoms with van der Waals surface area (Å²) in [4.78, 5) is 12.1. The van der Waals surface area contributed by atoms with Gasteiger partial charge < -0.3 is 9.26 Å². The molecule has 0 aliphatic heterocycles. The second-order valence-corrected chi connectivity index (χ2v) is 5.52. The Bertz CT molecular complexity index is 466. The number of hydrogen-bond donors (Lipinski definition) is 0. The first-order chi connectivity index (χ1) is 8.72. The van der Waals surface area contributed by atoms with Crippen molar-refractivity contribution >= 4 is 5.97 Å². The Morgan fingerprint density at radius 1 is 1.39 bits per heavy atom. The molecule has 4 nitrogen and oxygen atoms in total. The fraction of sp³-hybridized carbons (Fsp3) is 0.714. The maximum atomic E-state index is 12.1. The van der Waals surface area contributed by atoms with Crippen LogP contribution in [0.3, 0.4) is 0 Å². The molecule has 0 saturated heterocycles. The summed E-state index contributed by atoms with van der Waals surface area (Å²) >= 11 is 0. The van der Waals surface area contributed by atoms with E-state index in [-0.39, 0.29) is 11.9 Å². The molecule has 3 atom stereocenters. The van der Waals surface area contributed by atoms with Crippen LogP contribution in [0.4, 0.5) is 0 Å². The zero-order valence-electron chi connectivity index (χ0n) is 10.9. The number of rotatable bonds is 1. The molecule has 0 radical (unpaired) electrons. The molecule has 2 aliphatic rings. The summed E-state index contributed by atoms with van der Waals surface area (Å²) in [6.45, 7) is 1.92. The van der Waals surface area contributed by atoms with Gasteiger partial charge in [-0.25, -0.2) is 0 Å². The lowest BCUT2D eigenvalue weighted by Crippen LogP contribution is -2.36. The Hall–Kier alpha value is -1.32. The van der Waals surface area contributed by atoms with E-state index in [0.29, 0.717) is 11.8 Å². The van der Waals surface area contributed by atoms with Crippen LogP contribution in [-0.2, 0) is 16.0 Å². The highest BCUT2D eigenvalue weighted by Gasteiger charge is 2.45. The van der Waals surface area contributed by atoms with E-state index in [0.717, 1.165) is 29.9 Å². The van der Waals surface area contributed by atoms with Gasteiger partial charge in [-0.05, 0) is 31.6 Å². The predicted octanol–water partition coefficient (Wildman–Crippen LogP) is 2.60. The molecule has 1 aromatic heterocycles. The van der Waals surface area contributed by atoms with Gasteiger partial charge >= 0.3 is 5.97 Å². The fourth-order valence-corrected chi connectivity index (χ4v) is 3.77. The van der Waals surface area contributed by atoms with Crippen molar-refractivity contribution in [2.45, 2.75) is 44.9 Å². The molecule has 3 rings (SSSR count). The van der Waals surface area contributed by atoms with Crippen LogP contribution in [-0.4, -0.2) is 18.2 Å². The van der Waals surface area contributed by atoms with Crippen LogP contribution in [0.2, 0.25) is 0 Å². The molecule has 1 heterocycles. The number of hydrogen-bond acceptors (Lipinski definition) is 4. The van der Waals surface area contributed by atoms with Crippen molar-refractivity contribution in [1.82, 2.24) is 5.16 Å². The van der Waals surface area contributed by atoms with E-state index in [1.807, 2.05) is 6.92 Å². The minimum atomic E-state index is -0.157. The highest BCUT2D eigenvalue weighted by atomic mass is 16.5. The van der Waals surface area contributed by atoms with Crippen LogP contribution >= 0.6 is 0 Å². The number of esters is 1. The Morgan fingerprint density at radius 3 is 2.94 bits per heavy atom. The molecule has 0 N–H and O–H groups in total. The summed E-state index contributed by atoms with van der Waals surface area (Å²) in [7, 11) is 1.47. The van der Waals surface area contributed by atoms with E-state index in [2.05, 4.69) is 5.16 Å². The summed E-state index contributed by atoms with van der Waals surface area (Å²) in [6, 6.07) is 0. The third-order valence-corrected chi connectivity index (χ3v) is 4.59. The highest BCUT2D eigenvalue weighted by molar-refractivity contribution is 5.79. The third-order valence-electron chi connectivity index (χ3n) is 4.59. The lowest BCUT2D eigenvalue weighted by atomic mass is 9.64. The Morgan fingerprint density at radius 2 is 2.17 bits per heavy atom. The van der Waals surface area contributed by atoms with Crippen LogP contribution in [0.15, 0.2) is 4.52 Å². The van der Waals surface area contributed by atoms with Crippen LogP contribution in [0.1, 0.15) is 48.6 Å². The average molecular weight is 249 g/mol. The van der Waals surface area contributed by atoms with Crippen molar-refractivity contribution < 1.29 is 14.1 Å². The van der Waals surface area contributed by atoms with Crippen molar-refractivity contribution in [3.63, 3.8) is 0 Å². The number of carbonyl (C=O) groups excluding carboxylic acids is 1. The highest BCUT2D eigenvalue weighted by Crippen LogP contribution is 2.48. The Kier molecular flexibility index (Phi) is 2.88. The lowest BCUT2D eigenvalue weighted by molar-refractivity contribution is -0.145. The van der Waals surface area contributed by atoms with Gasteiger partial charge in [-0.2, -0.15) is 0 Å². The molecule has 1 aromatic rings. The van der Waals surface area contributed by atoms with E-state index in [1.165, 1.54) is 26.4 Å². The molecule has 0 bridgehead atoms. The molecule has 4 heteroatoms. The fourth-order valence-electron chi connectivity index (χ4n) is 3.77. The number of aromatic nitrogens is 1. The Labute approximate surface area is 107 Å². The van der Waals surface area contributed by atoms with Crippen molar-refractivity contribution in [3.05, 3.63) is 17.0 Å². The van der Waals surface area contributed by atoms with Crippen molar-refractivity contribution in [1.29, 1.82) is 0 Å². The Balaban J connectivity index is 2.05. The largest absolute Gasteiger partial charge is 0.469 e. The van der Waals surface area contributed by atoms with Gasteiger partial charge in [-0.3, -0.25) is 4.79 Å². The normalized spacial score (nSPS) is 30.4. The zero-order valence-corrected chi connectivity index (χ0v) is 10.9. The molecular weight excluding hydrogens is 230 g/mol. The molecule has 2 aliphatic carbocycles. The molecule has 0 amide bonds. The summed E-state index contributed by atoms with van der Waals surface area (Å²) in [5.41, 5.74) is 1.86. The van der Waals surface area contributed by atoms with Crippen LogP contribution in [0, 0.1) is 18.8 Å². The summed E-state index contributed by atoms with van der Waals surface area (Å²) in [5.74, 6) is 1.60. The topological polar surface area (TPSA) is 52.3 Å². The summed E-state index contributed by atoms with van der Waals surface area (Å²) in [5, 5.41) is 4.04. The average Bonchev–Trinajstić information content (AvgIpc) is 2.77. The van der Waals surface area contributed by atoms with E-state index in [4.69, 9.17) is 9.26 Å². The molecule has 18 heavy (non-hydrogen) atoms. The maximum Gasteiger partial charge on any atom is 0.313 e. The van der Waals surface area contributed by atoms with Gasteiger partial charge in [-0.15, -0.1) is 0 Å². The lowest BCUT2D eigenvalue weighted by Gasteiger charge is -2.39. The number of aryl methyl sites for hydroxylation is 1. The molecule has 1 saturated carbocycles.